The Labute approximate surface area is 30.4 Å². The van der Waals surface area contributed by atoms with Gasteiger partial charge in [0.25, 0.3) is 0 Å². The van der Waals surface area contributed by atoms with Crippen LogP contribution in [0.15, 0.2) is 0 Å². The molecule has 0 aromatic carbocycles. The van der Waals surface area contributed by atoms with Crippen LogP contribution in [0.1, 0.15) is 0 Å². The molecule has 0 N–H and O–H groups in total. The molecule has 0 unspecified atom stereocenters. The quantitative estimate of drug-likeness (QED) is 0.390. The predicted molar refractivity (Wildman–Crippen MR) is 11.8 cm³/mol. The molecule has 5 heavy (non-hydrogen) atoms. The summed E-state index contributed by atoms with van der Waals surface area (Å²) in [5, 5.41) is 0. The summed E-state index contributed by atoms with van der Waals surface area (Å²) in [6.07, 6.45) is 0. The minimum absolute atomic E-state index is 1.42. The summed E-state index contributed by atoms with van der Waals surface area (Å²) >= 11 is 0. The number of rotatable bonds is 0. The van der Waals surface area contributed by atoms with Crippen LogP contribution >= 0.6 is 0 Å². The van der Waals surface area contributed by atoms with Crippen LogP contribution in [0.3, 0.4) is 0 Å². The summed E-state index contributed by atoms with van der Waals surface area (Å²) < 4.78 is 30.8. The molecule has 0 aliphatic rings. The van der Waals surface area contributed by atoms with E-state index in [-0.39, 0.29) is 0 Å². The van der Waals surface area contributed by atoms with Gasteiger partial charge in [0.1, 0.15) is 0 Å². The van der Waals surface area contributed by atoms with Crippen LogP contribution in [0, 0.1) is 0 Å². The maximum absolute atomic E-state index is 10.3. The maximum atomic E-state index is 10.3. The molecule has 0 nitrogen and oxygen atoms in total. The number of halogens is 3. The monoisotopic (exact) mass is 97.0 g/mol. The van der Waals surface area contributed by atoms with Crippen molar-refractivity contribution in [3.05, 3.63) is 0 Å². The van der Waals surface area contributed by atoms with Crippen molar-refractivity contribution >= 4 is 10.2 Å². The fourth-order valence-electron chi connectivity index (χ4n) is 0. The zero-order valence-corrected chi connectivity index (χ0v) is 3.13. The Morgan fingerprint density at radius 3 is 1.20 bits per heavy atom. The van der Waals surface area contributed by atoms with Crippen molar-refractivity contribution in [3.63, 3.8) is 0 Å². The molecular weight excluding hydrogens is 97.1 g/mol. The van der Waals surface area contributed by atoms with Crippen LogP contribution in [0.25, 0.3) is 0 Å². The number of hydrogen-bond donors (Lipinski definition) is 0. The van der Waals surface area contributed by atoms with Crippen LogP contribution in [-0.4, -0.2) is 16.0 Å². The topological polar surface area (TPSA) is 0 Å². The number of hydrogen-bond acceptors (Lipinski definition) is 0. The molecule has 0 aliphatic heterocycles. The molecule has 0 spiro atoms. The van der Waals surface area contributed by atoms with Gasteiger partial charge in [0.05, 0.1) is 0 Å². The van der Waals surface area contributed by atoms with Gasteiger partial charge in [-0.15, -0.1) is 0 Å². The first kappa shape index (κ1) is 5.01. The van der Waals surface area contributed by atoms with Crippen molar-refractivity contribution < 1.29 is 13.2 Å². The molecule has 4 heteroatoms. The van der Waals surface area contributed by atoms with Gasteiger partial charge in [-0.25, -0.2) is 0 Å². The predicted octanol–water partition coefficient (Wildman–Crippen LogP) is 0.675. The Hall–Kier alpha value is 0.00688. The van der Waals surface area contributed by atoms with Crippen molar-refractivity contribution in [1.82, 2.24) is 0 Å². The Morgan fingerprint density at radius 1 is 1.20 bits per heavy atom. The third kappa shape index (κ3) is 341000. The molecular formula is CF3Si+3. The van der Waals surface area contributed by atoms with E-state index in [4.69, 9.17) is 0 Å². The second kappa shape index (κ2) is 1.00. The van der Waals surface area contributed by atoms with Gasteiger partial charge in [-0.3, -0.25) is 0 Å². The second-order valence-corrected chi connectivity index (χ2v) is 1.06. The van der Waals surface area contributed by atoms with Gasteiger partial charge in [0.2, 0.25) is 0 Å². The molecule has 0 saturated heterocycles. The minimum atomic E-state index is -4.19. The molecule has 0 aromatic heterocycles. The normalized spacial score (nSPS) is 12.2. The van der Waals surface area contributed by atoms with E-state index in [1.54, 1.807) is 0 Å². The van der Waals surface area contributed by atoms with Crippen molar-refractivity contribution in [2.24, 2.45) is 0 Å². The third-order valence-electron chi connectivity index (χ3n) is 0. The summed E-state index contributed by atoms with van der Waals surface area (Å²) in [6, 6.07) is 0. The standard InChI is InChI=1S/CF3Si/c2-1(3,4)5/q+3. The van der Waals surface area contributed by atoms with Gasteiger partial charge in [-0.1, -0.05) is 0 Å². The van der Waals surface area contributed by atoms with E-state index in [1.165, 1.54) is 10.2 Å². The fourth-order valence-corrected chi connectivity index (χ4v) is 0. The van der Waals surface area contributed by atoms with Gasteiger partial charge in [-0.05, 0) is 0 Å². The van der Waals surface area contributed by atoms with Gasteiger partial charge in [0.15, 0.2) is 0 Å². The third-order valence-corrected chi connectivity index (χ3v) is 0. The van der Waals surface area contributed by atoms with Crippen LogP contribution in [0.5, 0.6) is 0 Å². The number of alkyl halides is 3. The zero-order chi connectivity index (χ0) is 4.50. The summed E-state index contributed by atoms with van der Waals surface area (Å²) in [5.41, 5.74) is 0. The SMILES string of the molecule is FC(F)(F)[Si+3]. The first-order valence-corrected chi connectivity index (χ1v) is 1.32. The van der Waals surface area contributed by atoms with E-state index < -0.39 is 5.80 Å². The first-order chi connectivity index (χ1) is 2.00. The van der Waals surface area contributed by atoms with E-state index in [0.717, 1.165) is 0 Å². The van der Waals surface area contributed by atoms with E-state index in [1.807, 2.05) is 0 Å². The summed E-state index contributed by atoms with van der Waals surface area (Å²) in [4.78, 5) is 0. The Morgan fingerprint density at radius 2 is 1.20 bits per heavy atom. The van der Waals surface area contributed by atoms with E-state index in [2.05, 4.69) is 0 Å². The fraction of sp³-hybridized carbons (Fsp3) is 1.00. The summed E-state index contributed by atoms with van der Waals surface area (Å²) in [7, 11) is 1.42. The van der Waals surface area contributed by atoms with Crippen LogP contribution in [0.4, 0.5) is 13.2 Å². The van der Waals surface area contributed by atoms with Crippen molar-refractivity contribution in [2.45, 2.75) is 5.80 Å². The van der Waals surface area contributed by atoms with E-state index >= 15 is 0 Å². The second-order valence-electron chi connectivity index (χ2n) is 0.498. The zero-order valence-electron chi connectivity index (χ0n) is 2.13. The van der Waals surface area contributed by atoms with E-state index in [9.17, 15) is 13.2 Å². The molecule has 0 fully saturated rings. The summed E-state index contributed by atoms with van der Waals surface area (Å²) in [5.74, 6) is -4.19. The molecule has 26 valence electrons. The van der Waals surface area contributed by atoms with Crippen molar-refractivity contribution in [3.8, 4) is 0 Å². The Balaban J connectivity index is 3.02. The Kier molecular flexibility index (Phi) is 1.01. The molecule has 0 aromatic rings. The molecule has 0 rings (SSSR count). The first-order valence-electron chi connectivity index (χ1n) is 0.817. The van der Waals surface area contributed by atoms with Crippen LogP contribution in [-0.2, 0) is 0 Å². The van der Waals surface area contributed by atoms with Crippen LogP contribution < -0.4 is 0 Å². The van der Waals surface area contributed by atoms with Gasteiger partial charge in [0, 0.05) is 0 Å². The average Bonchev–Trinajstić information content (AvgIpc) is 0.722. The molecule has 0 saturated carbocycles. The van der Waals surface area contributed by atoms with Crippen LogP contribution in [0.2, 0.25) is 0 Å². The van der Waals surface area contributed by atoms with E-state index in [0.29, 0.717) is 0 Å². The van der Waals surface area contributed by atoms with Gasteiger partial charge in [-0.2, -0.15) is 0 Å². The average molecular weight is 97.1 g/mol. The molecule has 0 aliphatic carbocycles. The van der Waals surface area contributed by atoms with Crippen molar-refractivity contribution in [2.75, 3.05) is 0 Å². The van der Waals surface area contributed by atoms with Gasteiger partial charge < -0.3 is 0 Å². The molecule has 0 radical (unpaired) electrons. The Bertz CT molecular complexity index is 22.4. The molecule has 0 atom stereocenters. The molecule has 0 bridgehead atoms. The summed E-state index contributed by atoms with van der Waals surface area (Å²) in [6.45, 7) is 0. The van der Waals surface area contributed by atoms with Crippen molar-refractivity contribution in [1.29, 1.82) is 0 Å². The molecule has 0 amide bonds. The van der Waals surface area contributed by atoms with Gasteiger partial charge >= 0.3 is 29.2 Å². The molecule has 0 heterocycles.